The van der Waals surface area contributed by atoms with E-state index in [1.165, 1.54) is 5.57 Å². The van der Waals surface area contributed by atoms with Crippen LogP contribution < -0.4 is 0 Å². The monoisotopic (exact) mass is 154 g/mol. The van der Waals surface area contributed by atoms with Crippen LogP contribution in [0.2, 0.25) is 0 Å². The molecular formula is C10H18O. The molecule has 2 atom stereocenters. The Morgan fingerprint density at radius 2 is 2.00 bits per heavy atom. The Morgan fingerprint density at radius 3 is 2.18 bits per heavy atom. The summed E-state index contributed by atoms with van der Waals surface area (Å²) in [4.78, 5) is 0. The van der Waals surface area contributed by atoms with Gasteiger partial charge in [-0.25, -0.2) is 0 Å². The molecule has 64 valence electrons. The molecule has 1 aliphatic rings. The van der Waals surface area contributed by atoms with E-state index >= 15 is 0 Å². The van der Waals surface area contributed by atoms with Crippen LogP contribution in [0.4, 0.5) is 0 Å². The van der Waals surface area contributed by atoms with Gasteiger partial charge in [0.2, 0.25) is 0 Å². The number of allylic oxidation sites excluding steroid dienone is 1. The molecule has 0 radical (unpaired) electrons. The molecule has 1 N–H and O–H groups in total. The molecule has 0 unspecified atom stereocenters. The van der Waals surface area contributed by atoms with Gasteiger partial charge < -0.3 is 5.11 Å². The predicted octanol–water partition coefficient (Wildman–Crippen LogP) is 2.36. The molecule has 0 heterocycles. The summed E-state index contributed by atoms with van der Waals surface area (Å²) < 4.78 is 0. The second-order valence-electron chi connectivity index (χ2n) is 4.22. The van der Waals surface area contributed by atoms with Crippen LogP contribution in [0.1, 0.15) is 34.1 Å². The fraction of sp³-hybridized carbons (Fsp3) is 0.800. The highest BCUT2D eigenvalue weighted by Gasteiger charge is 2.31. The van der Waals surface area contributed by atoms with Gasteiger partial charge in [0.05, 0.1) is 5.60 Å². The molecule has 0 aliphatic heterocycles. The maximum Gasteiger partial charge on any atom is 0.0803 e. The maximum absolute atomic E-state index is 9.74. The van der Waals surface area contributed by atoms with Crippen molar-refractivity contribution in [3.63, 3.8) is 0 Å². The minimum atomic E-state index is -0.607. The summed E-state index contributed by atoms with van der Waals surface area (Å²) in [7, 11) is 0. The first-order chi connectivity index (χ1) is 4.93. The van der Waals surface area contributed by atoms with Crippen molar-refractivity contribution >= 4 is 0 Å². The summed E-state index contributed by atoms with van der Waals surface area (Å²) in [6.45, 7) is 8.17. The number of hydrogen-bond acceptors (Lipinski definition) is 1. The summed E-state index contributed by atoms with van der Waals surface area (Å²) in [5.41, 5.74) is 0.606. The van der Waals surface area contributed by atoms with Gasteiger partial charge >= 0.3 is 0 Å². The van der Waals surface area contributed by atoms with Gasteiger partial charge in [-0.1, -0.05) is 19.9 Å². The molecule has 0 spiro atoms. The summed E-state index contributed by atoms with van der Waals surface area (Å²) in [6, 6.07) is 0. The van der Waals surface area contributed by atoms with Gasteiger partial charge in [0.25, 0.3) is 0 Å². The topological polar surface area (TPSA) is 20.2 Å². The molecule has 0 saturated carbocycles. The van der Waals surface area contributed by atoms with Gasteiger partial charge in [-0.05, 0) is 37.7 Å². The fourth-order valence-corrected chi connectivity index (χ4v) is 1.82. The van der Waals surface area contributed by atoms with E-state index < -0.39 is 5.60 Å². The third kappa shape index (κ3) is 1.64. The standard InChI is InChI=1S/C10H18O/c1-7-5-6-9(8(7)2)10(3,4)11/h6-8,11H,5H2,1-4H3/t7-,8+/m0/s1. The average molecular weight is 154 g/mol. The van der Waals surface area contributed by atoms with Crippen LogP contribution in [-0.4, -0.2) is 10.7 Å². The molecule has 1 nitrogen and oxygen atoms in total. The third-order valence-electron chi connectivity index (χ3n) is 2.76. The third-order valence-corrected chi connectivity index (χ3v) is 2.76. The average Bonchev–Trinajstić information content (AvgIpc) is 2.11. The normalized spacial score (nSPS) is 32.3. The summed E-state index contributed by atoms with van der Waals surface area (Å²) in [5, 5.41) is 9.74. The fourth-order valence-electron chi connectivity index (χ4n) is 1.82. The van der Waals surface area contributed by atoms with Gasteiger partial charge in [0.15, 0.2) is 0 Å². The molecule has 11 heavy (non-hydrogen) atoms. The molecule has 0 aromatic heterocycles. The lowest BCUT2D eigenvalue weighted by Crippen LogP contribution is -2.25. The zero-order valence-corrected chi connectivity index (χ0v) is 7.89. The van der Waals surface area contributed by atoms with E-state index in [1.54, 1.807) is 0 Å². The minimum Gasteiger partial charge on any atom is -0.386 e. The van der Waals surface area contributed by atoms with Crippen LogP contribution >= 0.6 is 0 Å². The van der Waals surface area contributed by atoms with Gasteiger partial charge in [0.1, 0.15) is 0 Å². The van der Waals surface area contributed by atoms with Gasteiger partial charge in [0, 0.05) is 0 Å². The lowest BCUT2D eigenvalue weighted by molar-refractivity contribution is 0.107. The summed E-state index contributed by atoms with van der Waals surface area (Å²) in [6.07, 6.45) is 3.32. The van der Waals surface area contributed by atoms with Gasteiger partial charge in [-0.15, -0.1) is 0 Å². The molecule has 0 aromatic rings. The Kier molecular flexibility index (Phi) is 2.10. The zero-order valence-electron chi connectivity index (χ0n) is 7.89. The Balaban J connectivity index is 2.76. The molecule has 1 rings (SSSR count). The van der Waals surface area contributed by atoms with Crippen molar-refractivity contribution in [2.45, 2.75) is 39.7 Å². The van der Waals surface area contributed by atoms with Crippen LogP contribution in [0, 0.1) is 11.8 Å². The van der Waals surface area contributed by atoms with Crippen molar-refractivity contribution in [1.82, 2.24) is 0 Å². The Morgan fingerprint density at radius 1 is 1.45 bits per heavy atom. The molecular weight excluding hydrogens is 136 g/mol. The molecule has 0 saturated heterocycles. The smallest absolute Gasteiger partial charge is 0.0803 e. The molecule has 0 fully saturated rings. The van der Waals surface area contributed by atoms with E-state index in [0.717, 1.165) is 6.42 Å². The first kappa shape index (κ1) is 8.79. The summed E-state index contributed by atoms with van der Waals surface area (Å²) in [5.74, 6) is 1.26. The largest absolute Gasteiger partial charge is 0.386 e. The maximum atomic E-state index is 9.74. The van der Waals surface area contributed by atoms with E-state index in [9.17, 15) is 5.11 Å². The molecule has 0 bridgehead atoms. The van der Waals surface area contributed by atoms with Crippen molar-refractivity contribution in [3.05, 3.63) is 11.6 Å². The SMILES string of the molecule is C[C@H]1CC=C(C(C)(C)O)[C@@H]1C. The number of aliphatic hydroxyl groups is 1. The number of rotatable bonds is 1. The van der Waals surface area contributed by atoms with E-state index in [1.807, 2.05) is 13.8 Å². The first-order valence-corrected chi connectivity index (χ1v) is 4.36. The van der Waals surface area contributed by atoms with Crippen molar-refractivity contribution in [2.75, 3.05) is 0 Å². The van der Waals surface area contributed by atoms with Crippen molar-refractivity contribution in [2.24, 2.45) is 11.8 Å². The highest BCUT2D eigenvalue weighted by Crippen LogP contribution is 2.36. The van der Waals surface area contributed by atoms with Crippen molar-refractivity contribution in [1.29, 1.82) is 0 Å². The van der Waals surface area contributed by atoms with E-state index in [4.69, 9.17) is 0 Å². The Bertz CT molecular complexity index is 174. The van der Waals surface area contributed by atoms with Crippen molar-refractivity contribution in [3.8, 4) is 0 Å². The molecule has 0 amide bonds. The van der Waals surface area contributed by atoms with Gasteiger partial charge in [-0.3, -0.25) is 0 Å². The van der Waals surface area contributed by atoms with Crippen LogP contribution in [0.5, 0.6) is 0 Å². The Hall–Kier alpha value is -0.300. The van der Waals surface area contributed by atoms with E-state index in [0.29, 0.717) is 11.8 Å². The highest BCUT2D eigenvalue weighted by molar-refractivity contribution is 5.22. The lowest BCUT2D eigenvalue weighted by Gasteiger charge is -2.25. The van der Waals surface area contributed by atoms with E-state index in [-0.39, 0.29) is 0 Å². The Labute approximate surface area is 69.1 Å². The van der Waals surface area contributed by atoms with Crippen LogP contribution in [0.15, 0.2) is 11.6 Å². The first-order valence-electron chi connectivity index (χ1n) is 4.36. The second kappa shape index (κ2) is 2.63. The lowest BCUT2D eigenvalue weighted by atomic mass is 9.86. The summed E-state index contributed by atoms with van der Waals surface area (Å²) >= 11 is 0. The molecule has 1 heteroatoms. The molecule has 1 aliphatic carbocycles. The van der Waals surface area contributed by atoms with E-state index in [2.05, 4.69) is 19.9 Å². The molecule has 0 aromatic carbocycles. The van der Waals surface area contributed by atoms with Crippen LogP contribution in [0.3, 0.4) is 0 Å². The van der Waals surface area contributed by atoms with Gasteiger partial charge in [-0.2, -0.15) is 0 Å². The quantitative estimate of drug-likeness (QED) is 0.575. The predicted molar refractivity (Wildman–Crippen MR) is 47.3 cm³/mol. The van der Waals surface area contributed by atoms with Crippen LogP contribution in [0.25, 0.3) is 0 Å². The zero-order chi connectivity index (χ0) is 8.65. The minimum absolute atomic E-state index is 0.551. The second-order valence-corrected chi connectivity index (χ2v) is 4.22. The highest BCUT2D eigenvalue weighted by atomic mass is 16.3. The van der Waals surface area contributed by atoms with Crippen LogP contribution in [-0.2, 0) is 0 Å². The van der Waals surface area contributed by atoms with Crippen molar-refractivity contribution < 1.29 is 5.11 Å². The number of hydrogen-bond donors (Lipinski definition) is 1.